The Kier molecular flexibility index (Phi) is 7.82. The molecule has 0 saturated carbocycles. The second-order valence-electron chi connectivity index (χ2n) is 6.23. The summed E-state index contributed by atoms with van der Waals surface area (Å²) in [5, 5.41) is 6.11. The van der Waals surface area contributed by atoms with Gasteiger partial charge in [-0.25, -0.2) is 9.97 Å². The number of hydrogen-bond acceptors (Lipinski definition) is 6. The molecule has 0 fully saturated rings. The molecule has 1 aromatic carbocycles. The highest BCUT2D eigenvalue weighted by Gasteiger charge is 2.08. The fourth-order valence-electron chi connectivity index (χ4n) is 2.43. The highest BCUT2D eigenvalue weighted by Crippen LogP contribution is 2.12. The quantitative estimate of drug-likeness (QED) is 0.632. The first-order chi connectivity index (χ1) is 12.6. The van der Waals surface area contributed by atoms with Gasteiger partial charge in [-0.2, -0.15) is 0 Å². The Morgan fingerprint density at radius 2 is 2.04 bits per heavy atom. The molecule has 7 nitrogen and oxygen atoms in total. The fourth-order valence-corrected chi connectivity index (χ4v) is 2.43. The summed E-state index contributed by atoms with van der Waals surface area (Å²) in [6.45, 7) is 2.32. The van der Waals surface area contributed by atoms with E-state index in [4.69, 9.17) is 4.74 Å². The van der Waals surface area contributed by atoms with E-state index in [1.807, 2.05) is 38.4 Å². The standard InChI is InChI=1S/C19H27N5O2/c1-24(2)11-5-9-20-18-13-17(22-14-23-18)19(25)21-10-8-15-6-4-7-16(12-15)26-3/h4,6-7,12-14H,5,8-11H2,1-3H3,(H,21,25)(H,20,22,23). The summed E-state index contributed by atoms with van der Waals surface area (Å²) < 4.78 is 5.20. The molecule has 2 aromatic rings. The van der Waals surface area contributed by atoms with Crippen molar-refractivity contribution in [3.05, 3.63) is 47.9 Å². The van der Waals surface area contributed by atoms with Gasteiger partial charge < -0.3 is 20.3 Å². The summed E-state index contributed by atoms with van der Waals surface area (Å²) in [6.07, 6.45) is 3.13. The monoisotopic (exact) mass is 357 g/mol. The van der Waals surface area contributed by atoms with E-state index in [-0.39, 0.29) is 5.91 Å². The summed E-state index contributed by atoms with van der Waals surface area (Å²) in [5.74, 6) is 1.28. The van der Waals surface area contributed by atoms with Crippen molar-refractivity contribution in [3.63, 3.8) is 0 Å². The van der Waals surface area contributed by atoms with E-state index in [0.29, 0.717) is 18.1 Å². The minimum Gasteiger partial charge on any atom is -0.497 e. The number of methoxy groups -OCH3 is 1. The Morgan fingerprint density at radius 3 is 2.81 bits per heavy atom. The molecule has 0 radical (unpaired) electrons. The number of amides is 1. The number of rotatable bonds is 10. The van der Waals surface area contributed by atoms with Crippen molar-refractivity contribution in [2.75, 3.05) is 46.2 Å². The average molecular weight is 357 g/mol. The van der Waals surface area contributed by atoms with Gasteiger partial charge in [0.2, 0.25) is 0 Å². The van der Waals surface area contributed by atoms with Gasteiger partial charge in [-0.1, -0.05) is 12.1 Å². The van der Waals surface area contributed by atoms with Crippen molar-refractivity contribution in [3.8, 4) is 5.75 Å². The molecule has 1 aromatic heterocycles. The summed E-state index contributed by atoms with van der Waals surface area (Å²) >= 11 is 0. The van der Waals surface area contributed by atoms with Crippen molar-refractivity contribution >= 4 is 11.7 Å². The molecule has 2 N–H and O–H groups in total. The van der Waals surface area contributed by atoms with Gasteiger partial charge in [0.25, 0.3) is 5.91 Å². The molecule has 140 valence electrons. The van der Waals surface area contributed by atoms with E-state index < -0.39 is 0 Å². The van der Waals surface area contributed by atoms with E-state index >= 15 is 0 Å². The normalized spacial score (nSPS) is 10.6. The maximum atomic E-state index is 12.3. The third kappa shape index (κ3) is 6.68. The lowest BCUT2D eigenvalue weighted by molar-refractivity contribution is 0.0949. The smallest absolute Gasteiger partial charge is 0.270 e. The van der Waals surface area contributed by atoms with Crippen LogP contribution in [-0.2, 0) is 6.42 Å². The molecule has 0 atom stereocenters. The van der Waals surface area contributed by atoms with Crippen LogP contribution in [-0.4, -0.2) is 61.6 Å². The molecule has 2 rings (SSSR count). The summed E-state index contributed by atoms with van der Waals surface area (Å²) in [6, 6.07) is 9.49. The highest BCUT2D eigenvalue weighted by molar-refractivity contribution is 5.92. The lowest BCUT2D eigenvalue weighted by Crippen LogP contribution is -2.26. The van der Waals surface area contributed by atoms with E-state index in [0.717, 1.165) is 37.2 Å². The van der Waals surface area contributed by atoms with Crippen LogP contribution in [0.4, 0.5) is 5.82 Å². The van der Waals surface area contributed by atoms with Crippen molar-refractivity contribution < 1.29 is 9.53 Å². The molecule has 0 aliphatic heterocycles. The topological polar surface area (TPSA) is 79.4 Å². The molecule has 0 aliphatic rings. The minimum absolute atomic E-state index is 0.202. The largest absolute Gasteiger partial charge is 0.497 e. The minimum atomic E-state index is -0.202. The third-order valence-corrected chi connectivity index (χ3v) is 3.82. The second-order valence-corrected chi connectivity index (χ2v) is 6.23. The van der Waals surface area contributed by atoms with E-state index in [1.165, 1.54) is 6.33 Å². The van der Waals surface area contributed by atoms with Crippen LogP contribution in [0.25, 0.3) is 0 Å². The van der Waals surface area contributed by atoms with Gasteiger partial charge in [0, 0.05) is 19.2 Å². The average Bonchev–Trinajstić information content (AvgIpc) is 2.65. The molecule has 0 aliphatic carbocycles. The van der Waals surface area contributed by atoms with Crippen molar-refractivity contribution in [1.29, 1.82) is 0 Å². The van der Waals surface area contributed by atoms with Crippen LogP contribution in [0.15, 0.2) is 36.7 Å². The Balaban J connectivity index is 1.80. The SMILES string of the molecule is COc1cccc(CCNC(=O)c2cc(NCCCN(C)C)ncn2)c1. The summed E-state index contributed by atoms with van der Waals surface area (Å²) in [7, 11) is 5.72. The Bertz CT molecular complexity index is 706. The maximum Gasteiger partial charge on any atom is 0.270 e. The molecule has 1 amide bonds. The maximum absolute atomic E-state index is 12.3. The predicted molar refractivity (Wildman–Crippen MR) is 103 cm³/mol. The number of hydrogen-bond donors (Lipinski definition) is 2. The van der Waals surface area contributed by atoms with Crippen molar-refractivity contribution in [2.24, 2.45) is 0 Å². The lowest BCUT2D eigenvalue weighted by Gasteiger charge is -2.10. The van der Waals surface area contributed by atoms with Gasteiger partial charge in [0.1, 0.15) is 23.6 Å². The molecule has 26 heavy (non-hydrogen) atoms. The second kappa shape index (κ2) is 10.4. The van der Waals surface area contributed by atoms with Crippen molar-refractivity contribution in [2.45, 2.75) is 12.8 Å². The summed E-state index contributed by atoms with van der Waals surface area (Å²) in [4.78, 5) is 22.6. The predicted octanol–water partition coefficient (Wildman–Crippen LogP) is 1.82. The molecule has 0 unspecified atom stereocenters. The van der Waals surface area contributed by atoms with Gasteiger partial charge in [0.05, 0.1) is 7.11 Å². The fraction of sp³-hybridized carbons (Fsp3) is 0.421. The number of nitrogens with one attached hydrogen (secondary N) is 2. The number of aromatic nitrogens is 2. The first-order valence-electron chi connectivity index (χ1n) is 8.70. The molecular weight excluding hydrogens is 330 g/mol. The first kappa shape index (κ1) is 19.7. The van der Waals surface area contributed by atoms with Gasteiger partial charge in [0.15, 0.2) is 0 Å². The van der Waals surface area contributed by atoms with Crippen LogP contribution in [0.1, 0.15) is 22.5 Å². The third-order valence-electron chi connectivity index (χ3n) is 3.82. The number of benzene rings is 1. The number of carbonyl (C=O) groups is 1. The van der Waals surface area contributed by atoms with Gasteiger partial charge in [-0.15, -0.1) is 0 Å². The first-order valence-corrected chi connectivity index (χ1v) is 8.70. The van der Waals surface area contributed by atoms with Gasteiger partial charge in [-0.3, -0.25) is 4.79 Å². The van der Waals surface area contributed by atoms with E-state index in [2.05, 4.69) is 25.5 Å². The van der Waals surface area contributed by atoms with Gasteiger partial charge in [-0.05, 0) is 51.2 Å². The van der Waals surface area contributed by atoms with Crippen LogP contribution < -0.4 is 15.4 Å². The zero-order valence-corrected chi connectivity index (χ0v) is 15.7. The van der Waals surface area contributed by atoms with Gasteiger partial charge >= 0.3 is 0 Å². The molecule has 0 spiro atoms. The van der Waals surface area contributed by atoms with Crippen LogP contribution >= 0.6 is 0 Å². The zero-order chi connectivity index (χ0) is 18.8. The van der Waals surface area contributed by atoms with Crippen LogP contribution in [0.5, 0.6) is 5.75 Å². The number of nitrogens with zero attached hydrogens (tertiary/aromatic N) is 3. The molecule has 0 bridgehead atoms. The molecular formula is C19H27N5O2. The number of ether oxygens (including phenoxy) is 1. The zero-order valence-electron chi connectivity index (χ0n) is 15.7. The Labute approximate surface area is 154 Å². The van der Waals surface area contributed by atoms with Crippen LogP contribution in [0, 0.1) is 0 Å². The van der Waals surface area contributed by atoms with Crippen molar-refractivity contribution in [1.82, 2.24) is 20.2 Å². The molecule has 7 heteroatoms. The molecule has 0 saturated heterocycles. The number of carbonyl (C=O) groups excluding carboxylic acids is 1. The highest BCUT2D eigenvalue weighted by atomic mass is 16.5. The number of anilines is 1. The Morgan fingerprint density at radius 1 is 1.19 bits per heavy atom. The lowest BCUT2D eigenvalue weighted by atomic mass is 10.1. The van der Waals surface area contributed by atoms with E-state index in [9.17, 15) is 4.79 Å². The Hall–Kier alpha value is -2.67. The summed E-state index contributed by atoms with van der Waals surface area (Å²) in [5.41, 5.74) is 1.47. The van der Waals surface area contributed by atoms with E-state index in [1.54, 1.807) is 13.2 Å². The molecule has 1 heterocycles. The van der Waals surface area contributed by atoms with Crippen LogP contribution in [0.3, 0.4) is 0 Å². The van der Waals surface area contributed by atoms with Crippen LogP contribution in [0.2, 0.25) is 0 Å².